The molecule has 0 saturated carbocycles. The largest absolute Gasteiger partial charge is 0.324 e. The van der Waals surface area contributed by atoms with E-state index in [1.54, 1.807) is 17.4 Å². The minimum absolute atomic E-state index is 0.139. The molecular formula is C15H18ClFN2S. The second-order valence-corrected chi connectivity index (χ2v) is 6.69. The smallest absolute Gasteiger partial charge is 0.123 e. The minimum atomic E-state index is -0.237. The Morgan fingerprint density at radius 3 is 2.80 bits per heavy atom. The molecule has 2 aromatic rings. The number of nitrogens with two attached hydrogens (primary N) is 1. The highest BCUT2D eigenvalue weighted by atomic mass is 35.5. The number of benzene rings is 1. The molecule has 108 valence electrons. The first-order valence-corrected chi connectivity index (χ1v) is 7.68. The van der Waals surface area contributed by atoms with Gasteiger partial charge in [0.1, 0.15) is 5.82 Å². The number of thiophene rings is 1. The third kappa shape index (κ3) is 4.56. The average Bonchev–Trinajstić information content (AvgIpc) is 2.81. The maximum absolute atomic E-state index is 13.1. The minimum Gasteiger partial charge on any atom is -0.324 e. The van der Waals surface area contributed by atoms with Crippen LogP contribution >= 0.6 is 22.9 Å². The number of nitrogens with zero attached hydrogens (tertiary/aromatic N) is 1. The predicted molar refractivity (Wildman–Crippen MR) is 83.6 cm³/mol. The second-order valence-electron chi connectivity index (χ2n) is 4.89. The topological polar surface area (TPSA) is 29.3 Å². The van der Waals surface area contributed by atoms with Gasteiger partial charge in [-0.25, -0.2) is 4.39 Å². The molecule has 1 aromatic carbocycles. The van der Waals surface area contributed by atoms with Gasteiger partial charge in [-0.1, -0.05) is 23.7 Å². The number of hydrogen-bond acceptors (Lipinski definition) is 3. The lowest BCUT2D eigenvalue weighted by molar-refractivity contribution is 0.314. The van der Waals surface area contributed by atoms with E-state index in [-0.39, 0.29) is 11.9 Å². The Morgan fingerprint density at radius 1 is 1.35 bits per heavy atom. The van der Waals surface area contributed by atoms with Crippen LogP contribution in [-0.4, -0.2) is 18.5 Å². The van der Waals surface area contributed by atoms with Gasteiger partial charge in [-0.3, -0.25) is 0 Å². The summed E-state index contributed by atoms with van der Waals surface area (Å²) in [7, 11) is 2.05. The van der Waals surface area contributed by atoms with Crippen molar-refractivity contribution < 1.29 is 4.39 Å². The molecule has 0 saturated heterocycles. The zero-order valence-electron chi connectivity index (χ0n) is 11.4. The quantitative estimate of drug-likeness (QED) is 0.871. The van der Waals surface area contributed by atoms with Gasteiger partial charge in [-0.05, 0) is 43.3 Å². The maximum atomic E-state index is 13.1. The van der Waals surface area contributed by atoms with Crippen molar-refractivity contribution in [1.82, 2.24) is 4.90 Å². The van der Waals surface area contributed by atoms with Crippen LogP contribution in [0.25, 0.3) is 0 Å². The third-order valence-electron chi connectivity index (χ3n) is 3.15. The Morgan fingerprint density at radius 2 is 2.15 bits per heavy atom. The lowest BCUT2D eigenvalue weighted by atomic mass is 10.0. The molecule has 2 N–H and O–H groups in total. The predicted octanol–water partition coefficient (Wildman–Crippen LogP) is 4.06. The Bertz CT molecular complexity index is 558. The van der Waals surface area contributed by atoms with Crippen LogP contribution in [0.15, 0.2) is 36.4 Å². The first kappa shape index (κ1) is 15.4. The standard InChI is InChI=1S/C15H18ClFN2S/c1-19(10-13-5-6-15(16)20-13)8-7-14(18)11-3-2-4-12(17)9-11/h2-6,9,14H,7-8,10,18H2,1H3. The molecule has 2 nitrogen and oxygen atoms in total. The van der Waals surface area contributed by atoms with Gasteiger partial charge in [0.05, 0.1) is 4.34 Å². The van der Waals surface area contributed by atoms with Gasteiger partial charge in [-0.2, -0.15) is 0 Å². The molecule has 0 radical (unpaired) electrons. The van der Waals surface area contributed by atoms with Crippen LogP contribution in [0.4, 0.5) is 4.39 Å². The number of rotatable bonds is 6. The summed E-state index contributed by atoms with van der Waals surface area (Å²) in [5.41, 5.74) is 6.94. The fraction of sp³-hybridized carbons (Fsp3) is 0.333. The molecule has 0 aliphatic heterocycles. The van der Waals surface area contributed by atoms with Crippen molar-refractivity contribution in [3.63, 3.8) is 0 Å². The van der Waals surface area contributed by atoms with Crippen molar-refractivity contribution in [2.45, 2.75) is 19.0 Å². The summed E-state index contributed by atoms with van der Waals surface area (Å²) in [4.78, 5) is 3.43. The summed E-state index contributed by atoms with van der Waals surface area (Å²) in [6.07, 6.45) is 0.791. The molecule has 0 aliphatic carbocycles. The molecule has 5 heteroatoms. The van der Waals surface area contributed by atoms with Crippen LogP contribution in [0.2, 0.25) is 4.34 Å². The van der Waals surface area contributed by atoms with Crippen LogP contribution in [-0.2, 0) is 6.54 Å². The van der Waals surface area contributed by atoms with Crippen LogP contribution in [0, 0.1) is 5.82 Å². The van der Waals surface area contributed by atoms with Crippen molar-refractivity contribution in [2.24, 2.45) is 5.73 Å². The molecule has 1 aromatic heterocycles. The zero-order valence-corrected chi connectivity index (χ0v) is 12.9. The van der Waals surface area contributed by atoms with Gasteiger partial charge in [0.25, 0.3) is 0 Å². The fourth-order valence-corrected chi connectivity index (χ4v) is 3.21. The number of halogens is 2. The van der Waals surface area contributed by atoms with E-state index in [9.17, 15) is 4.39 Å². The molecule has 1 heterocycles. The van der Waals surface area contributed by atoms with Crippen LogP contribution in [0.1, 0.15) is 22.9 Å². The highest BCUT2D eigenvalue weighted by Gasteiger charge is 2.09. The van der Waals surface area contributed by atoms with E-state index in [0.29, 0.717) is 0 Å². The first-order chi connectivity index (χ1) is 9.54. The van der Waals surface area contributed by atoms with E-state index in [0.717, 1.165) is 29.4 Å². The number of hydrogen-bond donors (Lipinski definition) is 1. The second kappa shape index (κ2) is 7.18. The molecule has 20 heavy (non-hydrogen) atoms. The molecule has 0 aliphatic rings. The van der Waals surface area contributed by atoms with E-state index >= 15 is 0 Å². The third-order valence-corrected chi connectivity index (χ3v) is 4.37. The van der Waals surface area contributed by atoms with Crippen molar-refractivity contribution in [3.05, 3.63) is 57.0 Å². The summed E-state index contributed by atoms with van der Waals surface area (Å²) < 4.78 is 13.9. The molecule has 1 unspecified atom stereocenters. The summed E-state index contributed by atoms with van der Waals surface area (Å²) in [6.45, 7) is 1.71. The van der Waals surface area contributed by atoms with Gasteiger partial charge < -0.3 is 10.6 Å². The molecule has 0 bridgehead atoms. The van der Waals surface area contributed by atoms with Crippen LogP contribution in [0.3, 0.4) is 0 Å². The highest BCUT2D eigenvalue weighted by Crippen LogP contribution is 2.23. The molecule has 0 amide bonds. The normalized spacial score (nSPS) is 12.8. The Balaban J connectivity index is 1.82. The van der Waals surface area contributed by atoms with Gasteiger partial charge in [0, 0.05) is 24.0 Å². The lowest BCUT2D eigenvalue weighted by Crippen LogP contribution is -2.23. The average molecular weight is 313 g/mol. The van der Waals surface area contributed by atoms with E-state index in [2.05, 4.69) is 4.90 Å². The summed E-state index contributed by atoms with van der Waals surface area (Å²) in [5, 5.41) is 0. The van der Waals surface area contributed by atoms with Gasteiger partial charge in [-0.15, -0.1) is 11.3 Å². The monoisotopic (exact) mass is 312 g/mol. The Kier molecular flexibility index (Phi) is 5.54. The van der Waals surface area contributed by atoms with Crippen molar-refractivity contribution >= 4 is 22.9 Å². The first-order valence-electron chi connectivity index (χ1n) is 6.48. The van der Waals surface area contributed by atoms with E-state index < -0.39 is 0 Å². The SMILES string of the molecule is CN(CCC(N)c1cccc(F)c1)Cc1ccc(Cl)s1. The molecule has 0 fully saturated rings. The van der Waals surface area contributed by atoms with Gasteiger partial charge in [0.15, 0.2) is 0 Å². The summed E-state index contributed by atoms with van der Waals surface area (Å²) in [5.74, 6) is -0.237. The summed E-state index contributed by atoms with van der Waals surface area (Å²) >= 11 is 7.50. The van der Waals surface area contributed by atoms with Crippen molar-refractivity contribution in [2.75, 3.05) is 13.6 Å². The highest BCUT2D eigenvalue weighted by molar-refractivity contribution is 7.16. The van der Waals surface area contributed by atoms with Crippen LogP contribution < -0.4 is 5.73 Å². The van der Waals surface area contributed by atoms with E-state index in [4.69, 9.17) is 17.3 Å². The zero-order chi connectivity index (χ0) is 14.5. The molecular weight excluding hydrogens is 295 g/mol. The van der Waals surface area contributed by atoms with Crippen molar-refractivity contribution in [3.8, 4) is 0 Å². The van der Waals surface area contributed by atoms with Crippen molar-refractivity contribution in [1.29, 1.82) is 0 Å². The Labute approximate surface area is 128 Å². The van der Waals surface area contributed by atoms with Gasteiger partial charge in [0.2, 0.25) is 0 Å². The van der Waals surface area contributed by atoms with Crippen LogP contribution in [0.5, 0.6) is 0 Å². The lowest BCUT2D eigenvalue weighted by Gasteiger charge is -2.19. The molecule has 2 rings (SSSR count). The maximum Gasteiger partial charge on any atom is 0.123 e. The molecule has 1 atom stereocenters. The Hall–Kier alpha value is -0.940. The molecule has 0 spiro atoms. The summed E-state index contributed by atoms with van der Waals surface area (Å²) in [6, 6.07) is 10.3. The van der Waals surface area contributed by atoms with E-state index in [1.807, 2.05) is 25.2 Å². The fourth-order valence-electron chi connectivity index (χ4n) is 2.05. The van der Waals surface area contributed by atoms with E-state index in [1.165, 1.54) is 17.0 Å². The van der Waals surface area contributed by atoms with Gasteiger partial charge >= 0.3 is 0 Å².